The molecule has 10 heavy (non-hydrogen) atoms. The second-order valence-corrected chi connectivity index (χ2v) is 2.64. The van der Waals surface area contributed by atoms with E-state index in [9.17, 15) is 0 Å². The summed E-state index contributed by atoms with van der Waals surface area (Å²) in [6, 6.07) is 0. The van der Waals surface area contributed by atoms with Gasteiger partial charge in [-0.25, -0.2) is 0 Å². The second kappa shape index (κ2) is 1.10. The summed E-state index contributed by atoms with van der Waals surface area (Å²) in [6.07, 6.45) is 9.71. The van der Waals surface area contributed by atoms with Crippen LogP contribution in [0.5, 0.6) is 0 Å². The summed E-state index contributed by atoms with van der Waals surface area (Å²) in [6.45, 7) is 0. The molecule has 0 saturated carbocycles. The zero-order chi connectivity index (χ0) is 6.60. The Balaban J connectivity index is 2.34. The molecule has 2 bridgehead atoms. The standard InChI is InChI=1S/C8H5NO/c1-2-8-5-9-4-6(8)3-7(1)10-8/h1-5H. The summed E-state index contributed by atoms with van der Waals surface area (Å²) in [4.78, 5) is 4.03. The minimum atomic E-state index is -0.282. The molecule has 3 aliphatic heterocycles. The third-order valence-electron chi connectivity index (χ3n) is 2.01. The third kappa shape index (κ3) is 0.304. The zero-order valence-corrected chi connectivity index (χ0v) is 5.24. The molecule has 48 valence electrons. The van der Waals surface area contributed by atoms with Crippen LogP contribution in [0.3, 0.4) is 0 Å². The van der Waals surface area contributed by atoms with Crippen LogP contribution < -0.4 is 0 Å². The van der Waals surface area contributed by atoms with Crippen molar-refractivity contribution in [2.75, 3.05) is 0 Å². The number of ether oxygens (including phenoxy) is 1. The topological polar surface area (TPSA) is 21.6 Å². The van der Waals surface area contributed by atoms with E-state index < -0.39 is 0 Å². The van der Waals surface area contributed by atoms with Gasteiger partial charge in [-0.05, 0) is 18.2 Å². The number of aliphatic imine (C=N–C) groups is 1. The van der Waals surface area contributed by atoms with Crippen molar-refractivity contribution in [1.29, 1.82) is 0 Å². The van der Waals surface area contributed by atoms with Crippen molar-refractivity contribution >= 4 is 6.21 Å². The third-order valence-corrected chi connectivity index (χ3v) is 2.01. The van der Waals surface area contributed by atoms with Crippen LogP contribution in [0, 0.1) is 0 Å². The Kier molecular flexibility index (Phi) is 0.495. The molecular formula is C8H5NO. The van der Waals surface area contributed by atoms with Crippen molar-refractivity contribution in [2.45, 2.75) is 5.60 Å². The molecule has 1 spiro atoms. The second-order valence-electron chi connectivity index (χ2n) is 2.64. The molecule has 0 amide bonds. The van der Waals surface area contributed by atoms with Crippen molar-refractivity contribution in [1.82, 2.24) is 0 Å². The van der Waals surface area contributed by atoms with Gasteiger partial charge in [-0.3, -0.25) is 4.99 Å². The van der Waals surface area contributed by atoms with Gasteiger partial charge in [0.25, 0.3) is 0 Å². The zero-order valence-electron chi connectivity index (χ0n) is 5.24. The Morgan fingerprint density at radius 1 is 1.50 bits per heavy atom. The summed E-state index contributed by atoms with van der Waals surface area (Å²) < 4.78 is 5.52. The van der Waals surface area contributed by atoms with Gasteiger partial charge in [0.1, 0.15) is 5.76 Å². The van der Waals surface area contributed by atoms with Crippen LogP contribution >= 0.6 is 0 Å². The highest BCUT2D eigenvalue weighted by atomic mass is 16.5. The molecule has 1 atom stereocenters. The number of hydrogen-bond donors (Lipinski definition) is 0. The van der Waals surface area contributed by atoms with E-state index in [1.54, 1.807) is 0 Å². The summed E-state index contributed by atoms with van der Waals surface area (Å²) in [7, 11) is 0. The number of hydrogen-bond acceptors (Lipinski definition) is 2. The maximum absolute atomic E-state index is 5.52. The smallest absolute Gasteiger partial charge is 0.189 e. The first-order valence-electron chi connectivity index (χ1n) is 3.24. The molecule has 0 radical (unpaired) electrons. The molecule has 0 aromatic rings. The molecule has 2 heteroatoms. The fourth-order valence-corrected chi connectivity index (χ4v) is 1.48. The number of nitrogens with zero attached hydrogens (tertiary/aromatic N) is 1. The van der Waals surface area contributed by atoms with Crippen molar-refractivity contribution in [3.63, 3.8) is 0 Å². The van der Waals surface area contributed by atoms with Gasteiger partial charge in [-0.15, -0.1) is 0 Å². The Bertz CT molecular complexity index is 322. The van der Waals surface area contributed by atoms with E-state index in [0.717, 1.165) is 11.3 Å². The molecule has 3 rings (SSSR count). The first-order valence-corrected chi connectivity index (χ1v) is 3.24. The fraction of sp³-hybridized carbons (Fsp3) is 0.125. The van der Waals surface area contributed by atoms with E-state index in [2.05, 4.69) is 4.99 Å². The fourth-order valence-electron chi connectivity index (χ4n) is 1.48. The Morgan fingerprint density at radius 3 is 3.30 bits per heavy atom. The van der Waals surface area contributed by atoms with Gasteiger partial charge >= 0.3 is 0 Å². The molecule has 3 heterocycles. The Labute approximate surface area is 58.2 Å². The summed E-state index contributed by atoms with van der Waals surface area (Å²) in [5, 5.41) is 0. The highest BCUT2D eigenvalue weighted by Gasteiger charge is 2.42. The maximum Gasteiger partial charge on any atom is 0.189 e. The largest absolute Gasteiger partial charge is 0.473 e. The quantitative estimate of drug-likeness (QED) is 0.483. The van der Waals surface area contributed by atoms with Gasteiger partial charge in [0.15, 0.2) is 5.60 Å². The molecule has 0 aromatic carbocycles. The van der Waals surface area contributed by atoms with Crippen molar-refractivity contribution in [3.8, 4) is 0 Å². The van der Waals surface area contributed by atoms with Gasteiger partial charge in [0.05, 0.1) is 6.21 Å². The molecule has 1 unspecified atom stereocenters. The molecule has 0 N–H and O–H groups in total. The lowest BCUT2D eigenvalue weighted by atomic mass is 9.96. The lowest BCUT2D eigenvalue weighted by Gasteiger charge is -2.14. The number of allylic oxidation sites excluding steroid dienone is 1. The molecule has 0 aliphatic carbocycles. The monoisotopic (exact) mass is 131 g/mol. The minimum absolute atomic E-state index is 0.282. The van der Waals surface area contributed by atoms with Crippen molar-refractivity contribution < 1.29 is 4.74 Å². The lowest BCUT2D eigenvalue weighted by Crippen LogP contribution is -2.24. The normalized spacial score (nSPS) is 37.6. The van der Waals surface area contributed by atoms with E-state index in [0.29, 0.717) is 0 Å². The predicted molar refractivity (Wildman–Crippen MR) is 37.6 cm³/mol. The molecule has 2 nitrogen and oxygen atoms in total. The first kappa shape index (κ1) is 4.50. The van der Waals surface area contributed by atoms with E-state index >= 15 is 0 Å². The summed E-state index contributed by atoms with van der Waals surface area (Å²) in [5.74, 6) is 0.956. The Hall–Kier alpha value is -1.31. The summed E-state index contributed by atoms with van der Waals surface area (Å²) >= 11 is 0. The van der Waals surface area contributed by atoms with Gasteiger partial charge in [0, 0.05) is 11.8 Å². The highest BCUT2D eigenvalue weighted by Crippen LogP contribution is 2.41. The van der Waals surface area contributed by atoms with Crippen molar-refractivity contribution in [3.05, 3.63) is 35.8 Å². The summed E-state index contributed by atoms with van der Waals surface area (Å²) in [5.41, 5.74) is 0.875. The average molecular weight is 131 g/mol. The van der Waals surface area contributed by atoms with Crippen molar-refractivity contribution in [2.24, 2.45) is 4.99 Å². The van der Waals surface area contributed by atoms with Crippen LogP contribution in [0.1, 0.15) is 0 Å². The number of rotatable bonds is 0. The van der Waals surface area contributed by atoms with Gasteiger partial charge < -0.3 is 4.74 Å². The Morgan fingerprint density at radius 2 is 2.50 bits per heavy atom. The van der Waals surface area contributed by atoms with Crippen LogP contribution in [0.25, 0.3) is 0 Å². The minimum Gasteiger partial charge on any atom is -0.473 e. The van der Waals surface area contributed by atoms with Crippen LogP contribution in [-0.2, 0) is 4.74 Å². The maximum atomic E-state index is 5.52. The number of fused-ring (bicyclic) bond motifs is 1. The van der Waals surface area contributed by atoms with Crippen LogP contribution in [0.15, 0.2) is 40.8 Å². The highest BCUT2D eigenvalue weighted by molar-refractivity contribution is 5.85. The first-order chi connectivity index (χ1) is 4.89. The van der Waals surface area contributed by atoms with E-state index in [-0.39, 0.29) is 5.60 Å². The van der Waals surface area contributed by atoms with Crippen LogP contribution in [0.2, 0.25) is 0 Å². The predicted octanol–water partition coefficient (Wildman–Crippen LogP) is 1.18. The molecule has 0 saturated heterocycles. The van der Waals surface area contributed by atoms with E-state index in [1.165, 1.54) is 0 Å². The molecule has 0 fully saturated rings. The van der Waals surface area contributed by atoms with E-state index in [1.807, 2.05) is 30.6 Å². The molecule has 3 aliphatic rings. The van der Waals surface area contributed by atoms with Gasteiger partial charge in [-0.2, -0.15) is 0 Å². The average Bonchev–Trinajstić information content (AvgIpc) is 2.48. The van der Waals surface area contributed by atoms with Crippen LogP contribution in [-0.4, -0.2) is 11.8 Å². The van der Waals surface area contributed by atoms with E-state index in [4.69, 9.17) is 4.74 Å². The SMILES string of the molecule is C1=CC23C=NC=C2C=C1O3. The molecular weight excluding hydrogens is 126 g/mol. The molecule has 0 aromatic heterocycles. The van der Waals surface area contributed by atoms with Gasteiger partial charge in [0.2, 0.25) is 0 Å². The van der Waals surface area contributed by atoms with Gasteiger partial charge in [-0.1, -0.05) is 0 Å². The lowest BCUT2D eigenvalue weighted by molar-refractivity contribution is 0.190. The van der Waals surface area contributed by atoms with Crippen LogP contribution in [0.4, 0.5) is 0 Å².